The Kier molecular flexibility index (Phi) is 4.89. The molecule has 0 amide bonds. The van der Waals surface area contributed by atoms with E-state index in [0.717, 1.165) is 18.7 Å². The van der Waals surface area contributed by atoms with E-state index >= 15 is 0 Å². The average molecular weight is 227 g/mol. The standard InChI is InChI=1S/C12H19ClN2/c1-4-7-15-12(5-6-14-15)8-11(9-13)10(2)3/h5-6,8,10H,4,7,9H2,1-3H3/b11-8-. The lowest BCUT2D eigenvalue weighted by Crippen LogP contribution is -2.03. The third kappa shape index (κ3) is 3.38. The van der Waals surface area contributed by atoms with Crippen LogP contribution >= 0.6 is 11.6 Å². The summed E-state index contributed by atoms with van der Waals surface area (Å²) in [7, 11) is 0. The van der Waals surface area contributed by atoms with Crippen LogP contribution in [-0.2, 0) is 6.54 Å². The normalized spacial score (nSPS) is 12.5. The van der Waals surface area contributed by atoms with Crippen molar-refractivity contribution in [1.29, 1.82) is 0 Å². The summed E-state index contributed by atoms with van der Waals surface area (Å²) in [4.78, 5) is 0. The fraction of sp³-hybridized carbons (Fsp3) is 0.583. The molecule has 1 aromatic rings. The molecule has 1 rings (SSSR count). The monoisotopic (exact) mass is 226 g/mol. The smallest absolute Gasteiger partial charge is 0.0609 e. The first kappa shape index (κ1) is 12.3. The number of hydrogen-bond donors (Lipinski definition) is 0. The molecule has 0 N–H and O–H groups in total. The van der Waals surface area contributed by atoms with Crippen LogP contribution in [0.5, 0.6) is 0 Å². The topological polar surface area (TPSA) is 17.8 Å². The summed E-state index contributed by atoms with van der Waals surface area (Å²) in [5.41, 5.74) is 2.41. The number of allylic oxidation sites excluding steroid dienone is 1. The molecule has 0 saturated carbocycles. The van der Waals surface area contributed by atoms with Gasteiger partial charge in [-0.15, -0.1) is 11.6 Å². The number of hydrogen-bond acceptors (Lipinski definition) is 1. The molecule has 0 atom stereocenters. The summed E-state index contributed by atoms with van der Waals surface area (Å²) < 4.78 is 2.02. The van der Waals surface area contributed by atoms with Crippen LogP contribution in [0.4, 0.5) is 0 Å². The summed E-state index contributed by atoms with van der Waals surface area (Å²) in [5.74, 6) is 1.09. The molecule has 0 fully saturated rings. The highest BCUT2D eigenvalue weighted by Gasteiger charge is 2.04. The van der Waals surface area contributed by atoms with Crippen molar-refractivity contribution < 1.29 is 0 Å². The van der Waals surface area contributed by atoms with Gasteiger partial charge in [0.2, 0.25) is 0 Å². The summed E-state index contributed by atoms with van der Waals surface area (Å²) in [5, 5.41) is 4.28. The zero-order valence-corrected chi connectivity index (χ0v) is 10.5. The zero-order valence-electron chi connectivity index (χ0n) is 9.70. The lowest BCUT2D eigenvalue weighted by molar-refractivity contribution is 0.597. The van der Waals surface area contributed by atoms with Crippen molar-refractivity contribution >= 4 is 17.7 Å². The van der Waals surface area contributed by atoms with Gasteiger partial charge in [0, 0.05) is 18.6 Å². The van der Waals surface area contributed by atoms with Crippen LogP contribution < -0.4 is 0 Å². The Labute approximate surface area is 96.9 Å². The van der Waals surface area contributed by atoms with E-state index in [2.05, 4.69) is 31.9 Å². The van der Waals surface area contributed by atoms with Crippen molar-refractivity contribution in [3.8, 4) is 0 Å². The molecule has 0 saturated heterocycles. The summed E-state index contributed by atoms with van der Waals surface area (Å²) in [6, 6.07) is 2.03. The van der Waals surface area contributed by atoms with Crippen molar-refractivity contribution in [3.05, 3.63) is 23.5 Å². The van der Waals surface area contributed by atoms with E-state index in [9.17, 15) is 0 Å². The van der Waals surface area contributed by atoms with E-state index in [-0.39, 0.29) is 0 Å². The van der Waals surface area contributed by atoms with Gasteiger partial charge in [-0.05, 0) is 24.5 Å². The van der Waals surface area contributed by atoms with Gasteiger partial charge in [0.15, 0.2) is 0 Å². The van der Waals surface area contributed by atoms with Crippen molar-refractivity contribution in [2.45, 2.75) is 33.7 Å². The molecule has 3 heteroatoms. The summed E-state index contributed by atoms with van der Waals surface area (Å²) in [6.07, 6.45) is 5.09. The fourth-order valence-electron chi connectivity index (χ4n) is 1.41. The largest absolute Gasteiger partial charge is 0.266 e. The Hall–Kier alpha value is -0.760. The quantitative estimate of drug-likeness (QED) is 0.702. The van der Waals surface area contributed by atoms with Gasteiger partial charge in [-0.1, -0.05) is 26.3 Å². The number of rotatable bonds is 5. The maximum Gasteiger partial charge on any atom is 0.0609 e. The van der Waals surface area contributed by atoms with Crippen molar-refractivity contribution in [1.82, 2.24) is 9.78 Å². The predicted molar refractivity (Wildman–Crippen MR) is 66.1 cm³/mol. The highest BCUT2D eigenvalue weighted by molar-refractivity contribution is 6.19. The van der Waals surface area contributed by atoms with Crippen LogP contribution in [0.25, 0.3) is 6.08 Å². The molecule has 0 aromatic carbocycles. The molecule has 1 heterocycles. The lowest BCUT2D eigenvalue weighted by Gasteiger charge is -2.08. The minimum Gasteiger partial charge on any atom is -0.266 e. The van der Waals surface area contributed by atoms with Crippen LogP contribution in [0.1, 0.15) is 32.9 Å². The molecule has 0 aliphatic heterocycles. The van der Waals surface area contributed by atoms with Gasteiger partial charge in [0.25, 0.3) is 0 Å². The van der Waals surface area contributed by atoms with Crippen molar-refractivity contribution in [2.75, 3.05) is 5.88 Å². The number of aryl methyl sites for hydroxylation is 1. The minimum atomic E-state index is 0.493. The van der Waals surface area contributed by atoms with Crippen molar-refractivity contribution in [2.24, 2.45) is 5.92 Å². The first-order chi connectivity index (χ1) is 7.19. The summed E-state index contributed by atoms with van der Waals surface area (Å²) in [6.45, 7) is 7.44. The molecule has 1 aromatic heterocycles. The lowest BCUT2D eigenvalue weighted by atomic mass is 10.0. The van der Waals surface area contributed by atoms with Gasteiger partial charge < -0.3 is 0 Å². The van der Waals surface area contributed by atoms with E-state index in [0.29, 0.717) is 11.8 Å². The molecule has 0 bridgehead atoms. The van der Waals surface area contributed by atoms with Crippen LogP contribution in [0.3, 0.4) is 0 Å². The molecule has 0 aliphatic rings. The SMILES string of the molecule is CCCn1nccc1/C=C(/CCl)C(C)C. The molecule has 84 valence electrons. The molecule has 0 unspecified atom stereocenters. The summed E-state index contributed by atoms with van der Waals surface area (Å²) >= 11 is 5.91. The van der Waals surface area contributed by atoms with Gasteiger partial charge in [0.1, 0.15) is 0 Å². The van der Waals surface area contributed by atoms with Gasteiger partial charge in [-0.25, -0.2) is 0 Å². The van der Waals surface area contributed by atoms with Crippen LogP contribution in [0, 0.1) is 5.92 Å². The number of alkyl halides is 1. The predicted octanol–water partition coefficient (Wildman–Crippen LogP) is 3.57. The second-order valence-corrected chi connectivity index (χ2v) is 4.25. The van der Waals surface area contributed by atoms with Gasteiger partial charge in [-0.2, -0.15) is 5.10 Å². The van der Waals surface area contributed by atoms with Crippen LogP contribution in [0.15, 0.2) is 17.8 Å². The first-order valence-corrected chi connectivity index (χ1v) is 6.00. The van der Waals surface area contributed by atoms with Gasteiger partial charge in [-0.3, -0.25) is 4.68 Å². The van der Waals surface area contributed by atoms with E-state index in [4.69, 9.17) is 11.6 Å². The highest BCUT2D eigenvalue weighted by atomic mass is 35.5. The molecule has 15 heavy (non-hydrogen) atoms. The Morgan fingerprint density at radius 2 is 2.33 bits per heavy atom. The number of nitrogens with zero attached hydrogens (tertiary/aromatic N) is 2. The molecule has 0 spiro atoms. The fourth-order valence-corrected chi connectivity index (χ4v) is 1.80. The Morgan fingerprint density at radius 3 is 2.87 bits per heavy atom. The van der Waals surface area contributed by atoms with E-state index in [1.54, 1.807) is 0 Å². The molecular weight excluding hydrogens is 208 g/mol. The highest BCUT2D eigenvalue weighted by Crippen LogP contribution is 2.16. The maximum absolute atomic E-state index is 5.91. The Balaban J connectivity index is 2.90. The van der Waals surface area contributed by atoms with Crippen molar-refractivity contribution in [3.63, 3.8) is 0 Å². The molecule has 0 aliphatic carbocycles. The third-order valence-corrected chi connectivity index (χ3v) is 2.72. The zero-order chi connectivity index (χ0) is 11.3. The second kappa shape index (κ2) is 5.96. The first-order valence-electron chi connectivity index (χ1n) is 5.47. The second-order valence-electron chi connectivity index (χ2n) is 3.99. The third-order valence-electron chi connectivity index (χ3n) is 2.41. The Bertz CT molecular complexity index is 326. The number of halogens is 1. The molecule has 2 nitrogen and oxygen atoms in total. The number of aromatic nitrogens is 2. The van der Waals surface area contributed by atoms with E-state index in [1.807, 2.05) is 16.9 Å². The van der Waals surface area contributed by atoms with E-state index < -0.39 is 0 Å². The maximum atomic E-state index is 5.91. The average Bonchev–Trinajstić information content (AvgIpc) is 2.62. The Morgan fingerprint density at radius 1 is 1.60 bits per heavy atom. The van der Waals surface area contributed by atoms with Gasteiger partial charge >= 0.3 is 0 Å². The van der Waals surface area contributed by atoms with Gasteiger partial charge in [0.05, 0.1) is 5.69 Å². The van der Waals surface area contributed by atoms with E-state index in [1.165, 1.54) is 5.57 Å². The van der Waals surface area contributed by atoms with Crippen LogP contribution in [0.2, 0.25) is 0 Å². The molecular formula is C12H19ClN2. The molecule has 0 radical (unpaired) electrons. The van der Waals surface area contributed by atoms with Crippen LogP contribution in [-0.4, -0.2) is 15.7 Å². The minimum absolute atomic E-state index is 0.493.